The lowest BCUT2D eigenvalue weighted by atomic mass is 10.1. The van der Waals surface area contributed by atoms with Gasteiger partial charge in [-0.15, -0.1) is 5.10 Å². The predicted octanol–water partition coefficient (Wildman–Crippen LogP) is 1.93. The summed E-state index contributed by atoms with van der Waals surface area (Å²) in [6, 6.07) is 8.26. The summed E-state index contributed by atoms with van der Waals surface area (Å²) in [5.74, 6) is 0.0932. The monoisotopic (exact) mass is 421 g/mol. The Bertz CT molecular complexity index is 1310. The van der Waals surface area contributed by atoms with Gasteiger partial charge in [0, 0.05) is 25.8 Å². The molecule has 10 nitrogen and oxygen atoms in total. The summed E-state index contributed by atoms with van der Waals surface area (Å²) < 4.78 is 10.4. The maximum Gasteiger partial charge on any atom is 0.437 e. The largest absolute Gasteiger partial charge is 0.437 e. The Morgan fingerprint density at radius 2 is 2.06 bits per heavy atom. The number of benzene rings is 1. The normalized spacial score (nSPS) is 11.6. The second-order valence-electron chi connectivity index (χ2n) is 7.34. The first-order chi connectivity index (χ1) is 14.9. The minimum Gasteiger partial charge on any atom is -0.390 e. The first kappa shape index (κ1) is 20.3. The number of aryl methyl sites for hydroxylation is 4. The first-order valence-corrected chi connectivity index (χ1v) is 9.78. The molecule has 0 aliphatic carbocycles. The van der Waals surface area contributed by atoms with Crippen molar-refractivity contribution in [1.29, 1.82) is 0 Å². The van der Waals surface area contributed by atoms with Crippen LogP contribution in [0, 0.1) is 6.92 Å². The quantitative estimate of drug-likeness (QED) is 0.246. The van der Waals surface area contributed by atoms with Gasteiger partial charge in [-0.3, -0.25) is 9.69 Å². The maximum atomic E-state index is 12.2. The third-order valence-corrected chi connectivity index (χ3v) is 5.20. The van der Waals surface area contributed by atoms with Crippen molar-refractivity contribution >= 4 is 29.5 Å². The number of carbonyl (C=O) groups is 1. The summed E-state index contributed by atoms with van der Waals surface area (Å²) in [6.45, 7) is 2.25. The zero-order chi connectivity index (χ0) is 22.0. The molecule has 0 bridgehead atoms. The number of carbonyl (C=O) groups excluding carboxylic acids is 1. The average Bonchev–Trinajstić information content (AvgIpc) is 3.41. The highest BCUT2D eigenvalue weighted by Gasteiger charge is 2.12. The minimum absolute atomic E-state index is 0.00288. The Balaban J connectivity index is 1.41. The zero-order valence-corrected chi connectivity index (χ0v) is 17.6. The van der Waals surface area contributed by atoms with E-state index in [4.69, 9.17) is 4.42 Å². The molecule has 31 heavy (non-hydrogen) atoms. The minimum atomic E-state index is -0.556. The molecule has 0 spiro atoms. The molecule has 1 amide bonds. The Labute approximate surface area is 178 Å². The van der Waals surface area contributed by atoms with Crippen LogP contribution in [0.3, 0.4) is 0 Å². The van der Waals surface area contributed by atoms with Gasteiger partial charge in [-0.2, -0.15) is 4.68 Å². The number of amides is 1. The number of nitrogens with zero attached hydrogens (tertiary/aromatic N) is 7. The van der Waals surface area contributed by atoms with Crippen LogP contribution in [-0.4, -0.2) is 41.5 Å². The molecule has 4 aromatic rings. The number of aromatic nitrogens is 5. The van der Waals surface area contributed by atoms with E-state index in [1.54, 1.807) is 6.33 Å². The van der Waals surface area contributed by atoms with E-state index in [0.29, 0.717) is 25.2 Å². The molecule has 3 aromatic heterocycles. The van der Waals surface area contributed by atoms with Crippen molar-refractivity contribution in [2.45, 2.75) is 26.4 Å². The van der Waals surface area contributed by atoms with Crippen LogP contribution < -0.4 is 5.76 Å². The van der Waals surface area contributed by atoms with Crippen molar-refractivity contribution < 1.29 is 9.21 Å². The molecule has 3 heterocycles. The summed E-state index contributed by atoms with van der Waals surface area (Å²) in [7, 11) is 3.86. The summed E-state index contributed by atoms with van der Waals surface area (Å²) in [6.07, 6.45) is 6.23. The molecule has 0 aliphatic rings. The van der Waals surface area contributed by atoms with Crippen LogP contribution in [0.25, 0.3) is 10.9 Å². The number of hydrogen-bond donors (Lipinski definition) is 0. The van der Waals surface area contributed by atoms with Gasteiger partial charge in [0.25, 0.3) is 0 Å². The highest BCUT2D eigenvalue weighted by molar-refractivity contribution is 5.80. The van der Waals surface area contributed by atoms with Crippen LogP contribution in [0.5, 0.6) is 0 Å². The van der Waals surface area contributed by atoms with Crippen LogP contribution >= 0.6 is 0 Å². The number of aliphatic imine (C=N–C) groups is 1. The van der Waals surface area contributed by atoms with Crippen molar-refractivity contribution in [2.24, 2.45) is 19.1 Å². The Kier molecular flexibility index (Phi) is 5.52. The fourth-order valence-electron chi connectivity index (χ4n) is 3.27. The van der Waals surface area contributed by atoms with E-state index in [2.05, 4.69) is 37.8 Å². The predicted molar refractivity (Wildman–Crippen MR) is 115 cm³/mol. The van der Waals surface area contributed by atoms with E-state index in [9.17, 15) is 9.59 Å². The molecule has 4 rings (SSSR count). The summed E-state index contributed by atoms with van der Waals surface area (Å²) >= 11 is 0. The molecule has 0 radical (unpaired) electrons. The lowest BCUT2D eigenvalue weighted by Gasteiger charge is -2.07. The first-order valence-electron chi connectivity index (χ1n) is 9.78. The van der Waals surface area contributed by atoms with Crippen LogP contribution in [0.4, 0.5) is 5.82 Å². The van der Waals surface area contributed by atoms with E-state index in [0.717, 1.165) is 22.2 Å². The van der Waals surface area contributed by atoms with Gasteiger partial charge in [0.05, 0.1) is 18.6 Å². The number of hydrogen-bond acceptors (Lipinski definition) is 6. The van der Waals surface area contributed by atoms with Gasteiger partial charge >= 0.3 is 5.76 Å². The van der Waals surface area contributed by atoms with E-state index < -0.39 is 5.76 Å². The fourth-order valence-corrected chi connectivity index (χ4v) is 3.27. The van der Waals surface area contributed by atoms with Crippen LogP contribution in [0.2, 0.25) is 0 Å². The van der Waals surface area contributed by atoms with Gasteiger partial charge in [-0.25, -0.2) is 14.8 Å². The Morgan fingerprint density at radius 1 is 1.23 bits per heavy atom. The SMILES string of the molecule is Cc1c(/N=C\N(C=O)Cc2nn(CCc3ccc4c(ccn4C)c3)c(=O)o2)ncn1C. The highest BCUT2D eigenvalue weighted by atomic mass is 16.4. The molecule has 0 atom stereocenters. The number of imidazole rings is 1. The average molecular weight is 421 g/mol. The fraction of sp³-hybridized carbons (Fsp3) is 0.286. The third-order valence-electron chi connectivity index (χ3n) is 5.20. The topological polar surface area (TPSA) is 103 Å². The summed E-state index contributed by atoms with van der Waals surface area (Å²) in [5, 5.41) is 5.36. The molecular weight excluding hydrogens is 398 g/mol. The van der Waals surface area contributed by atoms with E-state index in [1.165, 1.54) is 15.9 Å². The summed E-state index contributed by atoms with van der Waals surface area (Å²) in [5.41, 5.74) is 3.12. The van der Waals surface area contributed by atoms with Gasteiger partial charge in [0.1, 0.15) is 12.9 Å². The highest BCUT2D eigenvalue weighted by Crippen LogP contribution is 2.17. The van der Waals surface area contributed by atoms with E-state index in [-0.39, 0.29) is 12.4 Å². The molecule has 0 N–H and O–H groups in total. The van der Waals surface area contributed by atoms with E-state index in [1.807, 2.05) is 37.8 Å². The van der Waals surface area contributed by atoms with Gasteiger partial charge in [0.2, 0.25) is 12.3 Å². The van der Waals surface area contributed by atoms with Crippen molar-refractivity contribution in [3.05, 3.63) is 64.5 Å². The molecule has 0 saturated carbocycles. The molecule has 0 fully saturated rings. The van der Waals surface area contributed by atoms with Gasteiger partial charge in [-0.05, 0) is 42.5 Å². The van der Waals surface area contributed by atoms with Crippen molar-refractivity contribution in [3.8, 4) is 0 Å². The molecule has 0 unspecified atom stereocenters. The second-order valence-corrected chi connectivity index (χ2v) is 7.34. The van der Waals surface area contributed by atoms with Gasteiger partial charge in [0.15, 0.2) is 5.82 Å². The Morgan fingerprint density at radius 3 is 2.81 bits per heavy atom. The number of rotatable bonds is 8. The van der Waals surface area contributed by atoms with Crippen molar-refractivity contribution in [3.63, 3.8) is 0 Å². The maximum absolute atomic E-state index is 12.2. The van der Waals surface area contributed by atoms with Crippen molar-refractivity contribution in [1.82, 2.24) is 28.8 Å². The summed E-state index contributed by atoms with van der Waals surface area (Å²) in [4.78, 5) is 33.1. The smallest absolute Gasteiger partial charge is 0.390 e. The zero-order valence-electron chi connectivity index (χ0n) is 17.6. The lowest BCUT2D eigenvalue weighted by Crippen LogP contribution is -2.20. The Hall–Kier alpha value is -3.95. The molecule has 0 aliphatic heterocycles. The molecule has 0 saturated heterocycles. The lowest BCUT2D eigenvalue weighted by molar-refractivity contribution is -0.115. The molecular formula is C21H23N7O3. The van der Waals surface area contributed by atoms with Gasteiger partial charge < -0.3 is 13.6 Å². The standard InChI is InChI=1S/C21H23N7O3/c1-15-20(22-12-26(15)3)23-13-27(14-29)11-19-24-28(21(30)31-19)9-6-16-4-5-18-17(10-16)7-8-25(18)2/h4-5,7-8,10,12-14H,6,9,11H2,1-3H3/b23-13-. The van der Waals surface area contributed by atoms with Crippen LogP contribution in [0.1, 0.15) is 17.1 Å². The van der Waals surface area contributed by atoms with Crippen LogP contribution in [-0.2, 0) is 38.4 Å². The second kappa shape index (κ2) is 8.42. The molecule has 1 aromatic carbocycles. The molecule has 160 valence electrons. The van der Waals surface area contributed by atoms with Crippen molar-refractivity contribution in [2.75, 3.05) is 0 Å². The molecule has 10 heteroatoms. The van der Waals surface area contributed by atoms with E-state index >= 15 is 0 Å². The third kappa shape index (κ3) is 4.32. The number of fused-ring (bicyclic) bond motifs is 1. The van der Waals surface area contributed by atoms with Crippen LogP contribution in [0.15, 0.2) is 51.0 Å². The van der Waals surface area contributed by atoms with Gasteiger partial charge in [-0.1, -0.05) is 6.07 Å².